The number of anilines is 2. The summed E-state index contributed by atoms with van der Waals surface area (Å²) in [5.41, 5.74) is 1.37. The highest BCUT2D eigenvalue weighted by atomic mass is 32.1. The summed E-state index contributed by atoms with van der Waals surface area (Å²) >= 11 is 1.40. The Morgan fingerprint density at radius 2 is 1.30 bits per heavy atom. The first kappa shape index (κ1) is 14.2. The van der Waals surface area contributed by atoms with Gasteiger partial charge in [-0.1, -0.05) is 36.4 Å². The van der Waals surface area contributed by atoms with Crippen molar-refractivity contribution in [3.8, 4) is 0 Å². The van der Waals surface area contributed by atoms with Crippen molar-refractivity contribution in [3.05, 3.63) is 72.3 Å². The monoisotopic (exact) mass is 325 g/mol. The molecule has 23 heavy (non-hydrogen) atoms. The molecule has 0 N–H and O–H groups in total. The Hall–Kier alpha value is -2.46. The third kappa shape index (κ3) is 2.18. The van der Waals surface area contributed by atoms with Crippen LogP contribution in [0.15, 0.2) is 60.7 Å². The molecule has 0 fully saturated rings. The van der Waals surface area contributed by atoms with Gasteiger partial charge in [0, 0.05) is 17.8 Å². The van der Waals surface area contributed by atoms with E-state index < -0.39 is 0 Å². The zero-order chi connectivity index (χ0) is 16.0. The summed E-state index contributed by atoms with van der Waals surface area (Å²) in [6.45, 7) is 0. The first-order valence-corrected chi connectivity index (χ1v) is 8.06. The number of thiophene rings is 1. The summed E-state index contributed by atoms with van der Waals surface area (Å²) in [5.74, 6) is -0.498. The summed E-state index contributed by atoms with van der Waals surface area (Å²) in [6, 6.07) is 17.6. The van der Waals surface area contributed by atoms with E-state index in [2.05, 4.69) is 0 Å². The molecule has 0 radical (unpaired) electrons. The van der Waals surface area contributed by atoms with Crippen molar-refractivity contribution in [2.24, 2.45) is 0 Å². The lowest BCUT2D eigenvalue weighted by atomic mass is 10.1. The first-order valence-electron chi connectivity index (χ1n) is 7.25. The lowest BCUT2D eigenvalue weighted by Crippen LogP contribution is -2.11. The van der Waals surface area contributed by atoms with Crippen LogP contribution in [0.4, 0.5) is 20.2 Å². The molecule has 0 spiro atoms. The fraction of sp³-hybridized carbons (Fsp3) is 0.0526. The number of para-hydroxylation sites is 1. The Balaban J connectivity index is 1.99. The van der Waals surface area contributed by atoms with Crippen LogP contribution >= 0.6 is 11.3 Å². The Morgan fingerprint density at radius 1 is 0.696 bits per heavy atom. The Labute approximate surface area is 136 Å². The first-order chi connectivity index (χ1) is 11.2. The predicted octanol–water partition coefficient (Wildman–Crippen LogP) is 6.10. The molecule has 0 saturated carbocycles. The molecule has 4 heteroatoms. The van der Waals surface area contributed by atoms with E-state index in [4.69, 9.17) is 0 Å². The van der Waals surface area contributed by atoms with Gasteiger partial charge in [-0.25, -0.2) is 8.78 Å². The number of nitrogens with zero attached hydrogens (tertiary/aromatic N) is 1. The van der Waals surface area contributed by atoms with Crippen LogP contribution in [0.5, 0.6) is 0 Å². The van der Waals surface area contributed by atoms with E-state index in [1.165, 1.54) is 23.5 Å². The normalized spacial score (nSPS) is 11.3. The minimum atomic E-state index is -0.278. The van der Waals surface area contributed by atoms with Gasteiger partial charge in [0.25, 0.3) is 0 Å². The third-order valence-corrected chi connectivity index (χ3v) is 5.28. The number of hydrogen-bond donors (Lipinski definition) is 0. The van der Waals surface area contributed by atoms with Gasteiger partial charge in [-0.2, -0.15) is 0 Å². The molecule has 4 aromatic rings. The highest BCUT2D eigenvalue weighted by Crippen LogP contribution is 2.42. The molecule has 1 nitrogen and oxygen atoms in total. The minimum absolute atomic E-state index is 0.219. The average molecular weight is 325 g/mol. The third-order valence-electron chi connectivity index (χ3n) is 4.03. The molecular weight excluding hydrogens is 312 g/mol. The van der Waals surface area contributed by atoms with Crippen LogP contribution in [0.25, 0.3) is 20.2 Å². The van der Waals surface area contributed by atoms with Gasteiger partial charge >= 0.3 is 0 Å². The zero-order valence-electron chi connectivity index (χ0n) is 12.4. The van der Waals surface area contributed by atoms with Gasteiger partial charge in [0.15, 0.2) is 0 Å². The molecule has 0 aliphatic rings. The molecule has 0 atom stereocenters. The van der Waals surface area contributed by atoms with Crippen molar-refractivity contribution in [2.75, 3.05) is 11.9 Å². The molecule has 114 valence electrons. The largest absolute Gasteiger partial charge is 0.341 e. The zero-order valence-corrected chi connectivity index (χ0v) is 13.2. The van der Waals surface area contributed by atoms with Gasteiger partial charge < -0.3 is 4.90 Å². The topological polar surface area (TPSA) is 3.24 Å². The molecule has 0 amide bonds. The van der Waals surface area contributed by atoms with Crippen LogP contribution in [0, 0.1) is 11.6 Å². The van der Waals surface area contributed by atoms with Gasteiger partial charge in [-0.05, 0) is 24.3 Å². The highest BCUT2D eigenvalue weighted by molar-refractivity contribution is 7.26. The van der Waals surface area contributed by atoms with E-state index in [1.807, 2.05) is 36.2 Å². The maximum Gasteiger partial charge on any atom is 0.146 e. The second kappa shape index (κ2) is 5.32. The number of hydrogen-bond acceptors (Lipinski definition) is 2. The van der Waals surface area contributed by atoms with Crippen LogP contribution < -0.4 is 4.90 Å². The summed E-state index contributed by atoms with van der Waals surface area (Å²) < 4.78 is 29.8. The fourth-order valence-electron chi connectivity index (χ4n) is 2.89. The molecule has 4 rings (SSSR count). The molecule has 0 aliphatic heterocycles. The summed E-state index contributed by atoms with van der Waals surface area (Å²) in [5, 5.41) is 1.89. The molecule has 0 unspecified atom stereocenters. The number of benzene rings is 3. The molecule has 0 aliphatic carbocycles. The Bertz CT molecular complexity index is 1020. The SMILES string of the molecule is CN(c1ccccc1F)c1cccc2c1sc1c(F)cccc12. The molecular formula is C19H13F2NS. The van der Waals surface area contributed by atoms with E-state index in [1.54, 1.807) is 24.3 Å². The highest BCUT2D eigenvalue weighted by Gasteiger charge is 2.16. The summed E-state index contributed by atoms with van der Waals surface area (Å²) in [7, 11) is 1.83. The van der Waals surface area contributed by atoms with Crippen molar-refractivity contribution >= 4 is 42.9 Å². The van der Waals surface area contributed by atoms with Crippen molar-refractivity contribution in [1.29, 1.82) is 0 Å². The second-order valence-electron chi connectivity index (χ2n) is 5.38. The minimum Gasteiger partial charge on any atom is -0.341 e. The number of fused-ring (bicyclic) bond motifs is 3. The van der Waals surface area contributed by atoms with Gasteiger partial charge in [-0.3, -0.25) is 0 Å². The van der Waals surface area contributed by atoms with Crippen LogP contribution in [-0.2, 0) is 0 Å². The van der Waals surface area contributed by atoms with Crippen LogP contribution in [0.1, 0.15) is 0 Å². The Morgan fingerprint density at radius 3 is 2.09 bits per heavy atom. The van der Waals surface area contributed by atoms with Crippen molar-refractivity contribution in [1.82, 2.24) is 0 Å². The lowest BCUT2D eigenvalue weighted by molar-refractivity contribution is 0.628. The molecule has 0 saturated heterocycles. The quantitative estimate of drug-likeness (QED) is 0.430. The van der Waals surface area contributed by atoms with E-state index in [-0.39, 0.29) is 11.6 Å². The van der Waals surface area contributed by atoms with Crippen molar-refractivity contribution in [3.63, 3.8) is 0 Å². The van der Waals surface area contributed by atoms with Crippen molar-refractivity contribution in [2.45, 2.75) is 0 Å². The van der Waals surface area contributed by atoms with E-state index >= 15 is 0 Å². The van der Waals surface area contributed by atoms with Crippen LogP contribution in [0.2, 0.25) is 0 Å². The van der Waals surface area contributed by atoms with E-state index in [0.29, 0.717) is 10.4 Å². The smallest absolute Gasteiger partial charge is 0.146 e. The van der Waals surface area contributed by atoms with Gasteiger partial charge in [0.1, 0.15) is 11.6 Å². The molecule has 1 heterocycles. The molecule has 0 bridgehead atoms. The standard InChI is InChI=1S/C19H13F2NS/c1-22(16-10-3-2-8-14(16)20)17-11-5-7-13-12-6-4-9-15(21)18(12)23-19(13)17/h2-11H,1H3. The predicted molar refractivity (Wildman–Crippen MR) is 93.8 cm³/mol. The van der Waals surface area contributed by atoms with Crippen molar-refractivity contribution < 1.29 is 8.78 Å². The maximum absolute atomic E-state index is 14.1. The lowest BCUT2D eigenvalue weighted by Gasteiger charge is -2.20. The average Bonchev–Trinajstić information content (AvgIpc) is 2.95. The van der Waals surface area contributed by atoms with Crippen LogP contribution in [0.3, 0.4) is 0 Å². The fourth-order valence-corrected chi connectivity index (χ4v) is 4.14. The summed E-state index contributed by atoms with van der Waals surface area (Å²) in [6.07, 6.45) is 0. The Kier molecular flexibility index (Phi) is 3.27. The maximum atomic E-state index is 14.1. The van der Waals surface area contributed by atoms with E-state index in [9.17, 15) is 8.78 Å². The van der Waals surface area contributed by atoms with Gasteiger partial charge in [-0.15, -0.1) is 11.3 Å². The van der Waals surface area contributed by atoms with E-state index in [0.717, 1.165) is 21.2 Å². The van der Waals surface area contributed by atoms with Gasteiger partial charge in [0.05, 0.1) is 20.8 Å². The second-order valence-corrected chi connectivity index (χ2v) is 6.40. The van der Waals surface area contributed by atoms with Gasteiger partial charge in [0.2, 0.25) is 0 Å². The number of halogens is 2. The molecule has 3 aromatic carbocycles. The molecule has 1 aromatic heterocycles. The summed E-state index contributed by atoms with van der Waals surface area (Å²) in [4.78, 5) is 1.81. The number of rotatable bonds is 2. The van der Waals surface area contributed by atoms with Crippen LogP contribution in [-0.4, -0.2) is 7.05 Å².